The van der Waals surface area contributed by atoms with E-state index in [1.54, 1.807) is 18.9 Å². The highest BCUT2D eigenvalue weighted by Crippen LogP contribution is 2.62. The summed E-state index contributed by atoms with van der Waals surface area (Å²) in [7, 11) is 3.81. The second-order valence-electron chi connectivity index (χ2n) is 14.7. The lowest BCUT2D eigenvalue weighted by Gasteiger charge is -2.60. The van der Waals surface area contributed by atoms with Crippen molar-refractivity contribution < 1.29 is 34.0 Å². The number of phenols is 2. The van der Waals surface area contributed by atoms with Gasteiger partial charge in [-0.2, -0.15) is 0 Å². The summed E-state index contributed by atoms with van der Waals surface area (Å²) in [4.78, 5) is 19.5. The number of phenolic OH excluding ortho intramolecular Hbond substituents is 2. The number of aryl methyl sites for hydroxylation is 2. The number of likely N-dealkylation sites (N-methyl/N-ethyl adjacent to an activating group) is 1. The number of hydrogen-bond donors (Lipinski definition) is 3. The number of hydrogen-bond acceptors (Lipinski definition) is 11. The molecule has 7 heterocycles. The molecule has 49 heavy (non-hydrogen) atoms. The molecule has 2 fully saturated rings. The third kappa shape index (κ3) is 4.16. The van der Waals surface area contributed by atoms with Gasteiger partial charge >= 0.3 is 5.97 Å². The van der Waals surface area contributed by atoms with Gasteiger partial charge in [-0.25, -0.2) is 4.79 Å². The Kier molecular flexibility index (Phi) is 6.99. The van der Waals surface area contributed by atoms with E-state index in [-0.39, 0.29) is 60.3 Å². The van der Waals surface area contributed by atoms with Crippen LogP contribution in [0.15, 0.2) is 18.2 Å². The molecule has 4 bridgehead atoms. The van der Waals surface area contributed by atoms with E-state index in [4.69, 9.17) is 18.9 Å². The molecule has 6 atom stereocenters. The van der Waals surface area contributed by atoms with Crippen molar-refractivity contribution in [1.29, 1.82) is 0 Å². The van der Waals surface area contributed by atoms with Gasteiger partial charge in [-0.05, 0) is 104 Å². The fourth-order valence-corrected chi connectivity index (χ4v) is 11.6. The number of piperazine rings is 1. The number of carbonyl (C=O) groups is 1. The van der Waals surface area contributed by atoms with E-state index in [0.29, 0.717) is 24.5 Å². The smallest absolute Gasteiger partial charge is 0.331 e. The van der Waals surface area contributed by atoms with Gasteiger partial charge in [0.15, 0.2) is 28.5 Å². The van der Waals surface area contributed by atoms with Crippen LogP contribution in [0.3, 0.4) is 0 Å². The molecule has 0 radical (unpaired) electrons. The summed E-state index contributed by atoms with van der Waals surface area (Å²) in [6, 6.07) is 5.66. The molecule has 7 aliphatic rings. The van der Waals surface area contributed by atoms with E-state index in [9.17, 15) is 15.0 Å². The van der Waals surface area contributed by atoms with Gasteiger partial charge in [-0.3, -0.25) is 15.1 Å². The van der Waals surface area contributed by atoms with Gasteiger partial charge < -0.3 is 29.2 Å². The number of thioether (sulfide) groups is 1. The van der Waals surface area contributed by atoms with Crippen LogP contribution < -0.4 is 19.5 Å². The lowest BCUT2D eigenvalue weighted by atomic mass is 9.73. The Balaban J connectivity index is 1.28. The zero-order chi connectivity index (χ0) is 34.1. The van der Waals surface area contributed by atoms with E-state index < -0.39 is 5.54 Å². The first-order valence-electron chi connectivity index (χ1n) is 17.2. The fraction of sp³-hybridized carbons (Fsp3) is 0.500. The molecule has 11 heteroatoms. The van der Waals surface area contributed by atoms with Crippen LogP contribution in [0.2, 0.25) is 0 Å². The fourth-order valence-electron chi connectivity index (χ4n) is 9.84. The SMILES string of the molecule is COc1c(C)cc2c(c1O)[C@H]1[C@@H]3[C@@H]4SC[C@]5(NCCc6cc(O)c(C)cc65)C(=O)OC[C@@H](c5c6c(c(C)c(C)c54)OCO6)N3C[C@@H](C2)N1C. The number of nitrogens with zero attached hydrogens (tertiary/aromatic N) is 2. The number of nitrogens with one attached hydrogen (secondary N) is 1. The second-order valence-corrected chi connectivity index (χ2v) is 15.8. The molecule has 1 spiro atoms. The Bertz CT molecular complexity index is 1950. The second kappa shape index (κ2) is 10.9. The molecule has 3 aromatic rings. The van der Waals surface area contributed by atoms with Crippen LogP contribution >= 0.6 is 11.8 Å². The van der Waals surface area contributed by atoms with Crippen LogP contribution in [0, 0.1) is 27.7 Å². The van der Waals surface area contributed by atoms with Crippen LogP contribution in [0.5, 0.6) is 28.7 Å². The lowest BCUT2D eigenvalue weighted by Crippen LogP contribution is -2.65. The Morgan fingerprint density at radius 1 is 0.980 bits per heavy atom. The van der Waals surface area contributed by atoms with Gasteiger partial charge in [0.1, 0.15) is 12.4 Å². The zero-order valence-corrected chi connectivity index (χ0v) is 29.6. The van der Waals surface area contributed by atoms with Gasteiger partial charge in [0.25, 0.3) is 0 Å². The van der Waals surface area contributed by atoms with Crippen LogP contribution in [0.25, 0.3) is 0 Å². The largest absolute Gasteiger partial charge is 0.508 e. The number of methoxy groups -OCH3 is 1. The van der Waals surface area contributed by atoms with Crippen LogP contribution in [0.1, 0.15) is 73.0 Å². The summed E-state index contributed by atoms with van der Waals surface area (Å²) < 4.78 is 24.6. The number of aromatic hydroxyl groups is 2. The van der Waals surface area contributed by atoms with Gasteiger partial charge in [-0.1, -0.05) is 6.07 Å². The van der Waals surface area contributed by atoms with E-state index in [1.165, 1.54) is 11.1 Å². The van der Waals surface area contributed by atoms with Crippen molar-refractivity contribution in [2.75, 3.05) is 46.4 Å². The van der Waals surface area contributed by atoms with E-state index in [2.05, 4.69) is 42.1 Å². The van der Waals surface area contributed by atoms with Crippen molar-refractivity contribution in [2.24, 2.45) is 0 Å². The first kappa shape index (κ1) is 31.3. The van der Waals surface area contributed by atoms with E-state index >= 15 is 0 Å². The molecule has 2 saturated heterocycles. The van der Waals surface area contributed by atoms with E-state index in [1.807, 2.05) is 26.0 Å². The molecule has 0 aliphatic carbocycles. The normalized spacial score (nSPS) is 29.9. The highest BCUT2D eigenvalue weighted by Gasteiger charge is 2.58. The molecule has 0 aromatic heterocycles. The maximum Gasteiger partial charge on any atom is 0.331 e. The first-order valence-corrected chi connectivity index (χ1v) is 18.3. The molecular formula is C38H43N3O7S. The maximum atomic E-state index is 14.5. The summed E-state index contributed by atoms with van der Waals surface area (Å²) in [6.45, 7) is 9.82. The molecule has 3 aromatic carbocycles. The molecule has 0 unspecified atom stereocenters. The first-order chi connectivity index (χ1) is 23.6. The zero-order valence-electron chi connectivity index (χ0n) is 28.8. The van der Waals surface area contributed by atoms with Gasteiger partial charge in [0.05, 0.1) is 19.2 Å². The summed E-state index contributed by atoms with van der Waals surface area (Å²) in [5.74, 6) is 2.63. The minimum Gasteiger partial charge on any atom is -0.508 e. The number of benzene rings is 3. The average molecular weight is 686 g/mol. The highest BCUT2D eigenvalue weighted by molar-refractivity contribution is 7.99. The lowest BCUT2D eigenvalue weighted by molar-refractivity contribution is -0.156. The topological polar surface area (TPSA) is 113 Å². The predicted molar refractivity (Wildman–Crippen MR) is 185 cm³/mol. The van der Waals surface area contributed by atoms with Gasteiger partial charge in [-0.15, -0.1) is 11.8 Å². The monoisotopic (exact) mass is 685 g/mol. The van der Waals surface area contributed by atoms with Crippen LogP contribution in [-0.2, 0) is 27.9 Å². The van der Waals surface area contributed by atoms with Crippen molar-refractivity contribution in [2.45, 2.75) is 75.5 Å². The summed E-state index contributed by atoms with van der Waals surface area (Å²) >= 11 is 1.77. The van der Waals surface area contributed by atoms with Crippen molar-refractivity contribution in [1.82, 2.24) is 15.1 Å². The Morgan fingerprint density at radius 2 is 1.78 bits per heavy atom. The average Bonchev–Trinajstić information content (AvgIpc) is 3.56. The summed E-state index contributed by atoms with van der Waals surface area (Å²) in [5, 5.41) is 26.1. The molecule has 0 saturated carbocycles. The Hall–Kier alpha value is -3.64. The van der Waals surface area contributed by atoms with E-state index in [0.717, 1.165) is 69.0 Å². The Labute approximate surface area is 290 Å². The van der Waals surface area contributed by atoms with Gasteiger partial charge in [0, 0.05) is 47.3 Å². The van der Waals surface area contributed by atoms with Crippen LogP contribution in [-0.4, -0.2) is 84.5 Å². The van der Waals surface area contributed by atoms with Gasteiger partial charge in [0.2, 0.25) is 6.79 Å². The summed E-state index contributed by atoms with van der Waals surface area (Å²) in [5.41, 5.74) is 8.99. The quantitative estimate of drug-likeness (QED) is 0.308. The molecular weight excluding hydrogens is 642 g/mol. The molecule has 10 nitrogen and oxygen atoms in total. The number of esters is 1. The predicted octanol–water partition coefficient (Wildman–Crippen LogP) is 4.78. The van der Waals surface area contributed by atoms with Crippen molar-refractivity contribution in [3.63, 3.8) is 0 Å². The molecule has 10 rings (SSSR count). The van der Waals surface area contributed by atoms with Crippen molar-refractivity contribution in [3.8, 4) is 28.7 Å². The van der Waals surface area contributed by atoms with Crippen molar-refractivity contribution in [3.05, 3.63) is 73.8 Å². The molecule has 7 aliphatic heterocycles. The standard InChI is InChI=1S/C38H43N3O7S/c1-17-10-24-21(12-26(17)42)7-8-39-38(24)15-49-36-27-19(3)20(4)34-35(48-16-47-34)29(27)25(14-46-37(38)44)41-13-23-11-22-9-18(2)33(45-6)32(43)28(22)30(31(36)41)40(23)5/h9-10,12,23,25,30-31,36,39,42-43H,7-8,11,13-16H2,1-6H3/t23-,25+,30+,31-,36-,38-/m1/s1. The minimum absolute atomic E-state index is 0.0712. The Morgan fingerprint density at radius 3 is 2.57 bits per heavy atom. The highest BCUT2D eigenvalue weighted by atomic mass is 32.2. The number of rotatable bonds is 1. The number of ether oxygens (including phenoxy) is 4. The molecule has 3 N–H and O–H groups in total. The third-order valence-electron chi connectivity index (χ3n) is 12.3. The number of fused-ring (bicyclic) bond motifs is 9. The molecule has 0 amide bonds. The third-order valence-corrected chi connectivity index (χ3v) is 13.8. The summed E-state index contributed by atoms with van der Waals surface area (Å²) in [6.07, 6.45) is 1.50. The van der Waals surface area contributed by atoms with Crippen LogP contribution in [0.4, 0.5) is 0 Å². The number of carbonyl (C=O) groups excluding carboxylic acids is 1. The maximum absolute atomic E-state index is 14.5. The molecule has 258 valence electrons. The minimum atomic E-state index is -1.09. The van der Waals surface area contributed by atoms with Crippen molar-refractivity contribution >= 4 is 17.7 Å².